The van der Waals surface area contributed by atoms with Crippen LogP contribution in [0.15, 0.2) is 29.6 Å². The lowest BCUT2D eigenvalue weighted by Gasteiger charge is -2.17. The van der Waals surface area contributed by atoms with E-state index in [-0.39, 0.29) is 17.9 Å². The summed E-state index contributed by atoms with van der Waals surface area (Å²) in [6.07, 6.45) is 0. The van der Waals surface area contributed by atoms with Crippen LogP contribution in [-0.2, 0) is 10.2 Å². The predicted octanol–water partition coefficient (Wildman–Crippen LogP) is 4.59. The fraction of sp³-hybridized carbons (Fsp3) is 0.294. The van der Waals surface area contributed by atoms with Gasteiger partial charge in [0, 0.05) is 0 Å². The van der Waals surface area contributed by atoms with Crippen LogP contribution in [0.25, 0.3) is 0 Å². The minimum absolute atomic E-state index is 0.154. The van der Waals surface area contributed by atoms with Crippen LogP contribution in [0.3, 0.4) is 0 Å². The first-order valence-electron chi connectivity index (χ1n) is 7.02. The molecule has 23 heavy (non-hydrogen) atoms. The van der Waals surface area contributed by atoms with Crippen LogP contribution in [-0.4, -0.2) is 12.5 Å². The zero-order valence-corrected chi connectivity index (χ0v) is 14.7. The fourth-order valence-corrected chi connectivity index (χ4v) is 3.32. The molecule has 2 rings (SSSR count). The molecule has 0 aliphatic rings. The topological polar surface area (TPSA) is 62.1 Å². The monoisotopic (exact) mass is 348 g/mol. The Labute approximate surface area is 144 Å². The summed E-state index contributed by atoms with van der Waals surface area (Å²) >= 11 is 7.32. The molecule has 1 heterocycles. The second kappa shape index (κ2) is 7.03. The molecule has 0 radical (unpaired) electrons. The van der Waals surface area contributed by atoms with E-state index in [1.54, 1.807) is 24.3 Å². The van der Waals surface area contributed by atoms with Gasteiger partial charge in [-0.2, -0.15) is 5.26 Å². The Morgan fingerprint density at radius 2 is 2.09 bits per heavy atom. The van der Waals surface area contributed by atoms with Crippen molar-refractivity contribution in [3.05, 3.63) is 45.8 Å². The highest BCUT2D eigenvalue weighted by atomic mass is 35.5. The second-order valence-electron chi connectivity index (χ2n) is 5.98. The van der Waals surface area contributed by atoms with Crippen LogP contribution >= 0.6 is 22.9 Å². The van der Waals surface area contributed by atoms with Gasteiger partial charge in [-0.3, -0.25) is 4.79 Å². The number of carbonyl (C=O) groups excluding carboxylic acids is 1. The average molecular weight is 349 g/mol. The molecular weight excluding hydrogens is 332 g/mol. The number of rotatable bonds is 4. The lowest BCUT2D eigenvalue weighted by Crippen LogP contribution is -2.20. The third-order valence-corrected chi connectivity index (χ3v) is 4.37. The Hall–Kier alpha value is -2.03. The van der Waals surface area contributed by atoms with Gasteiger partial charge in [0.05, 0.1) is 10.6 Å². The SMILES string of the molecule is CC(C)(C)c1csc(NC(=O)COc2ccccc2Cl)c1C#N. The quantitative estimate of drug-likeness (QED) is 0.879. The summed E-state index contributed by atoms with van der Waals surface area (Å²) in [6.45, 7) is 5.92. The van der Waals surface area contributed by atoms with Gasteiger partial charge in [0.15, 0.2) is 6.61 Å². The minimum atomic E-state index is -0.330. The van der Waals surface area contributed by atoms with Gasteiger partial charge in [-0.05, 0) is 28.5 Å². The first kappa shape index (κ1) is 17.3. The number of benzene rings is 1. The van der Waals surface area contributed by atoms with E-state index in [2.05, 4.69) is 11.4 Å². The van der Waals surface area contributed by atoms with Gasteiger partial charge in [-0.1, -0.05) is 44.5 Å². The van der Waals surface area contributed by atoms with Crippen molar-refractivity contribution in [2.24, 2.45) is 0 Å². The van der Waals surface area contributed by atoms with Gasteiger partial charge in [0.25, 0.3) is 5.91 Å². The molecule has 0 unspecified atom stereocenters. The summed E-state index contributed by atoms with van der Waals surface area (Å²) in [4.78, 5) is 12.0. The molecule has 1 aromatic heterocycles. The third kappa shape index (κ3) is 4.25. The molecule has 120 valence electrons. The molecule has 0 atom stereocenters. The molecule has 1 N–H and O–H groups in total. The number of ether oxygens (including phenoxy) is 1. The molecule has 6 heteroatoms. The number of hydrogen-bond acceptors (Lipinski definition) is 4. The lowest BCUT2D eigenvalue weighted by atomic mass is 9.86. The van der Waals surface area contributed by atoms with Crippen molar-refractivity contribution in [1.29, 1.82) is 5.26 Å². The van der Waals surface area contributed by atoms with Crippen LogP contribution in [0.2, 0.25) is 5.02 Å². The number of amides is 1. The number of thiophene rings is 1. The Bertz CT molecular complexity index is 757. The molecule has 0 aliphatic carbocycles. The first-order chi connectivity index (χ1) is 10.8. The van der Waals surface area contributed by atoms with E-state index < -0.39 is 0 Å². The van der Waals surface area contributed by atoms with E-state index in [1.165, 1.54) is 11.3 Å². The third-order valence-electron chi connectivity index (χ3n) is 3.16. The van der Waals surface area contributed by atoms with Crippen molar-refractivity contribution in [3.8, 4) is 11.8 Å². The van der Waals surface area contributed by atoms with Crippen molar-refractivity contribution in [1.82, 2.24) is 0 Å². The van der Waals surface area contributed by atoms with Gasteiger partial charge in [-0.15, -0.1) is 11.3 Å². The van der Waals surface area contributed by atoms with Gasteiger partial charge in [0.2, 0.25) is 0 Å². The zero-order chi connectivity index (χ0) is 17.0. The standard InChI is InChI=1S/C17H17ClN2O2S/c1-17(2,3)12-10-23-16(11(12)8-19)20-15(21)9-22-14-7-5-4-6-13(14)18/h4-7,10H,9H2,1-3H3,(H,20,21). The lowest BCUT2D eigenvalue weighted by molar-refractivity contribution is -0.118. The number of anilines is 1. The smallest absolute Gasteiger partial charge is 0.262 e. The molecular formula is C17H17ClN2O2S. The van der Waals surface area contributed by atoms with E-state index in [9.17, 15) is 10.1 Å². The molecule has 0 saturated heterocycles. The van der Waals surface area contributed by atoms with Crippen molar-refractivity contribution >= 4 is 33.8 Å². The van der Waals surface area contributed by atoms with Crippen LogP contribution in [0, 0.1) is 11.3 Å². The highest BCUT2D eigenvalue weighted by Gasteiger charge is 2.23. The summed E-state index contributed by atoms with van der Waals surface area (Å²) in [7, 11) is 0. The zero-order valence-electron chi connectivity index (χ0n) is 13.1. The Morgan fingerprint density at radius 1 is 1.39 bits per heavy atom. The van der Waals surface area contributed by atoms with Crippen molar-refractivity contribution in [2.45, 2.75) is 26.2 Å². The van der Waals surface area contributed by atoms with Gasteiger partial charge in [-0.25, -0.2) is 0 Å². The summed E-state index contributed by atoms with van der Waals surface area (Å²) in [6, 6.07) is 9.12. The maximum absolute atomic E-state index is 12.0. The Morgan fingerprint density at radius 3 is 2.70 bits per heavy atom. The molecule has 0 fully saturated rings. The van der Waals surface area contributed by atoms with E-state index in [1.807, 2.05) is 26.2 Å². The number of nitrogens with zero attached hydrogens (tertiary/aromatic N) is 1. The normalized spacial score (nSPS) is 10.9. The highest BCUT2D eigenvalue weighted by Crippen LogP contribution is 2.35. The highest BCUT2D eigenvalue weighted by molar-refractivity contribution is 7.14. The molecule has 2 aromatic rings. The molecule has 1 aromatic carbocycles. The molecule has 4 nitrogen and oxygen atoms in total. The van der Waals surface area contributed by atoms with E-state index >= 15 is 0 Å². The van der Waals surface area contributed by atoms with Crippen LogP contribution in [0.1, 0.15) is 31.9 Å². The molecule has 0 spiro atoms. The summed E-state index contributed by atoms with van der Waals surface area (Å²) in [5, 5.41) is 15.0. The average Bonchev–Trinajstić information content (AvgIpc) is 2.89. The summed E-state index contributed by atoms with van der Waals surface area (Å²) < 4.78 is 5.40. The maximum atomic E-state index is 12.0. The Balaban J connectivity index is 2.05. The van der Waals surface area contributed by atoms with E-state index in [4.69, 9.17) is 16.3 Å². The van der Waals surface area contributed by atoms with Crippen LogP contribution in [0.4, 0.5) is 5.00 Å². The summed E-state index contributed by atoms with van der Waals surface area (Å²) in [5.41, 5.74) is 1.28. The van der Waals surface area contributed by atoms with E-state index in [0.717, 1.165) is 5.56 Å². The minimum Gasteiger partial charge on any atom is -0.482 e. The van der Waals surface area contributed by atoms with Crippen molar-refractivity contribution in [3.63, 3.8) is 0 Å². The molecule has 1 amide bonds. The largest absolute Gasteiger partial charge is 0.482 e. The van der Waals surface area contributed by atoms with Crippen molar-refractivity contribution in [2.75, 3.05) is 11.9 Å². The number of hydrogen-bond donors (Lipinski definition) is 1. The summed E-state index contributed by atoms with van der Waals surface area (Å²) in [5.74, 6) is 0.120. The molecule has 0 bridgehead atoms. The number of nitriles is 1. The molecule has 0 saturated carbocycles. The van der Waals surface area contributed by atoms with Crippen LogP contribution in [0.5, 0.6) is 5.75 Å². The maximum Gasteiger partial charge on any atom is 0.262 e. The van der Waals surface area contributed by atoms with Crippen molar-refractivity contribution < 1.29 is 9.53 Å². The predicted molar refractivity (Wildman–Crippen MR) is 93.3 cm³/mol. The van der Waals surface area contributed by atoms with Crippen LogP contribution < -0.4 is 10.1 Å². The second-order valence-corrected chi connectivity index (χ2v) is 7.27. The number of halogens is 1. The van der Waals surface area contributed by atoms with Gasteiger partial charge >= 0.3 is 0 Å². The first-order valence-corrected chi connectivity index (χ1v) is 8.28. The Kier molecular flexibility index (Phi) is 5.30. The van der Waals surface area contributed by atoms with E-state index in [0.29, 0.717) is 21.3 Å². The number of para-hydroxylation sites is 1. The van der Waals surface area contributed by atoms with Gasteiger partial charge in [0.1, 0.15) is 16.8 Å². The number of nitrogens with one attached hydrogen (secondary N) is 1. The number of carbonyl (C=O) groups is 1. The fourth-order valence-electron chi connectivity index (χ4n) is 1.98. The van der Waals surface area contributed by atoms with Gasteiger partial charge < -0.3 is 10.1 Å². The molecule has 0 aliphatic heterocycles.